The van der Waals surface area contributed by atoms with Gasteiger partial charge in [-0.3, -0.25) is 9.59 Å². The highest BCUT2D eigenvalue weighted by Gasteiger charge is 2.30. The maximum absolute atomic E-state index is 12.0. The summed E-state index contributed by atoms with van der Waals surface area (Å²) in [4.78, 5) is 35.8. The third-order valence-electron chi connectivity index (χ3n) is 4.34. The predicted molar refractivity (Wildman–Crippen MR) is 93.5 cm³/mol. The van der Waals surface area contributed by atoms with E-state index < -0.39 is 12.0 Å². The Morgan fingerprint density at radius 2 is 1.68 bits per heavy atom. The van der Waals surface area contributed by atoms with Crippen molar-refractivity contribution in [1.82, 2.24) is 10.6 Å². The molecular formula is C19H26N2O4. The van der Waals surface area contributed by atoms with Crippen LogP contribution < -0.4 is 10.6 Å². The monoisotopic (exact) mass is 346 g/mol. The molecule has 0 saturated heterocycles. The molecule has 2 N–H and O–H groups in total. The summed E-state index contributed by atoms with van der Waals surface area (Å²) in [6.07, 6.45) is 2.91. The molecule has 0 aromatic heterocycles. The summed E-state index contributed by atoms with van der Waals surface area (Å²) >= 11 is 0. The lowest BCUT2D eigenvalue weighted by molar-refractivity contribution is -0.145. The van der Waals surface area contributed by atoms with E-state index in [4.69, 9.17) is 4.74 Å². The van der Waals surface area contributed by atoms with Gasteiger partial charge in [0.1, 0.15) is 6.04 Å². The molecule has 1 saturated carbocycles. The average Bonchev–Trinajstić information content (AvgIpc) is 3.43. The van der Waals surface area contributed by atoms with Crippen molar-refractivity contribution in [2.24, 2.45) is 5.92 Å². The molecule has 2 amide bonds. The molecule has 6 nitrogen and oxygen atoms in total. The lowest BCUT2D eigenvalue weighted by atomic mass is 10.1. The van der Waals surface area contributed by atoms with E-state index in [9.17, 15) is 14.4 Å². The van der Waals surface area contributed by atoms with Crippen molar-refractivity contribution in [2.75, 3.05) is 7.11 Å². The summed E-state index contributed by atoms with van der Waals surface area (Å²) < 4.78 is 4.74. The number of carbonyl (C=O) groups excluding carboxylic acids is 3. The first-order chi connectivity index (χ1) is 12.0. The molecule has 6 heteroatoms. The third kappa shape index (κ3) is 6.57. The second kappa shape index (κ2) is 9.20. The van der Waals surface area contributed by atoms with Gasteiger partial charge in [-0.2, -0.15) is 0 Å². The zero-order valence-corrected chi connectivity index (χ0v) is 14.8. The number of amides is 2. The molecule has 1 fully saturated rings. The molecule has 0 bridgehead atoms. The van der Waals surface area contributed by atoms with Gasteiger partial charge in [0.2, 0.25) is 11.8 Å². The Kier molecular flexibility index (Phi) is 6.98. The molecule has 0 unspecified atom stereocenters. The number of rotatable bonds is 9. The number of carbonyl (C=O) groups is 3. The maximum Gasteiger partial charge on any atom is 0.328 e. The number of hydrogen-bond donors (Lipinski definition) is 2. The summed E-state index contributed by atoms with van der Waals surface area (Å²) in [5.41, 5.74) is 1.01. The summed E-state index contributed by atoms with van der Waals surface area (Å²) in [6.45, 7) is 1.90. The molecule has 25 heavy (non-hydrogen) atoms. The van der Waals surface area contributed by atoms with Crippen LogP contribution in [0.1, 0.15) is 50.6 Å². The van der Waals surface area contributed by atoms with Gasteiger partial charge in [0.15, 0.2) is 0 Å². The highest BCUT2D eigenvalue weighted by molar-refractivity contribution is 5.87. The van der Waals surface area contributed by atoms with E-state index in [0.717, 1.165) is 18.4 Å². The molecule has 0 spiro atoms. The maximum atomic E-state index is 12.0. The van der Waals surface area contributed by atoms with Crippen LogP contribution in [0.4, 0.5) is 0 Å². The molecule has 1 aliphatic rings. The van der Waals surface area contributed by atoms with E-state index in [1.807, 2.05) is 37.3 Å². The number of nitrogens with one attached hydrogen (secondary N) is 2. The second-order valence-electron chi connectivity index (χ2n) is 6.52. The summed E-state index contributed by atoms with van der Waals surface area (Å²) in [6, 6.07) is 8.90. The zero-order chi connectivity index (χ0) is 18.2. The third-order valence-corrected chi connectivity index (χ3v) is 4.34. The van der Waals surface area contributed by atoms with Crippen LogP contribution in [0.25, 0.3) is 0 Å². The fraction of sp³-hybridized carbons (Fsp3) is 0.526. The van der Waals surface area contributed by atoms with E-state index in [0.29, 0.717) is 12.3 Å². The number of methoxy groups -OCH3 is 1. The van der Waals surface area contributed by atoms with Crippen molar-refractivity contribution in [3.63, 3.8) is 0 Å². The van der Waals surface area contributed by atoms with Crippen molar-refractivity contribution in [3.05, 3.63) is 35.9 Å². The Bertz CT molecular complexity index is 599. The van der Waals surface area contributed by atoms with E-state index in [1.54, 1.807) is 0 Å². The Morgan fingerprint density at radius 3 is 2.24 bits per heavy atom. The Hall–Kier alpha value is -2.37. The summed E-state index contributed by atoms with van der Waals surface area (Å²) in [7, 11) is 1.31. The number of esters is 1. The standard InChI is InChI=1S/C19H26N2O4/c1-13(15-6-4-3-5-7-15)20-17(22)10-11-18(23)21-16(19(24)25-2)12-14-8-9-14/h3-7,13-14,16H,8-12H2,1-2H3,(H,20,22)(H,21,23)/t13-,16+/m1/s1. The number of benzene rings is 1. The van der Waals surface area contributed by atoms with Crippen LogP contribution in [0.5, 0.6) is 0 Å². The van der Waals surface area contributed by atoms with Crippen LogP contribution in [0, 0.1) is 5.92 Å². The first-order valence-electron chi connectivity index (χ1n) is 8.71. The van der Waals surface area contributed by atoms with Gasteiger partial charge in [-0.25, -0.2) is 4.79 Å². The molecule has 1 aromatic carbocycles. The molecular weight excluding hydrogens is 320 g/mol. The van der Waals surface area contributed by atoms with Crippen molar-refractivity contribution < 1.29 is 19.1 Å². The van der Waals surface area contributed by atoms with E-state index in [1.165, 1.54) is 7.11 Å². The molecule has 136 valence electrons. The van der Waals surface area contributed by atoms with Crippen molar-refractivity contribution in [1.29, 1.82) is 0 Å². The van der Waals surface area contributed by atoms with Gasteiger partial charge >= 0.3 is 5.97 Å². The van der Waals surface area contributed by atoms with Crippen LogP contribution in [-0.2, 0) is 19.1 Å². The van der Waals surface area contributed by atoms with Crippen LogP contribution in [0.3, 0.4) is 0 Å². The van der Waals surface area contributed by atoms with E-state index in [-0.39, 0.29) is 30.7 Å². The number of ether oxygens (including phenoxy) is 1. The first-order valence-corrected chi connectivity index (χ1v) is 8.71. The predicted octanol–water partition coefficient (Wildman–Crippen LogP) is 2.10. The lowest BCUT2D eigenvalue weighted by Crippen LogP contribution is -2.42. The SMILES string of the molecule is COC(=O)[C@H](CC1CC1)NC(=O)CCC(=O)N[C@H](C)c1ccccc1. The van der Waals surface area contributed by atoms with Gasteiger partial charge in [0.25, 0.3) is 0 Å². The van der Waals surface area contributed by atoms with Crippen molar-refractivity contribution >= 4 is 17.8 Å². The van der Waals surface area contributed by atoms with Crippen molar-refractivity contribution in [2.45, 2.75) is 51.1 Å². The van der Waals surface area contributed by atoms with Crippen molar-refractivity contribution in [3.8, 4) is 0 Å². The molecule has 1 aliphatic carbocycles. The average molecular weight is 346 g/mol. The summed E-state index contributed by atoms with van der Waals surface area (Å²) in [5.74, 6) is -0.441. The minimum atomic E-state index is -0.615. The molecule has 2 atom stereocenters. The van der Waals surface area contributed by atoms with Crippen LogP contribution >= 0.6 is 0 Å². The molecule has 1 aromatic rings. The fourth-order valence-corrected chi connectivity index (χ4v) is 2.68. The van der Waals surface area contributed by atoms with Gasteiger partial charge in [-0.15, -0.1) is 0 Å². The summed E-state index contributed by atoms with van der Waals surface area (Å²) in [5, 5.41) is 5.56. The highest BCUT2D eigenvalue weighted by Crippen LogP contribution is 2.33. The fourth-order valence-electron chi connectivity index (χ4n) is 2.68. The van der Waals surface area contributed by atoms with Gasteiger partial charge < -0.3 is 15.4 Å². The van der Waals surface area contributed by atoms with E-state index >= 15 is 0 Å². The lowest BCUT2D eigenvalue weighted by Gasteiger charge is -2.17. The van der Waals surface area contributed by atoms with Gasteiger partial charge in [0.05, 0.1) is 13.2 Å². The number of hydrogen-bond acceptors (Lipinski definition) is 4. The minimum Gasteiger partial charge on any atom is -0.467 e. The Morgan fingerprint density at radius 1 is 1.08 bits per heavy atom. The van der Waals surface area contributed by atoms with E-state index in [2.05, 4.69) is 10.6 Å². The Balaban J connectivity index is 1.74. The second-order valence-corrected chi connectivity index (χ2v) is 6.52. The van der Waals surface area contributed by atoms with Gasteiger partial charge in [0, 0.05) is 12.8 Å². The minimum absolute atomic E-state index is 0.0471. The topological polar surface area (TPSA) is 84.5 Å². The smallest absolute Gasteiger partial charge is 0.328 e. The normalized spacial score (nSPS) is 15.8. The van der Waals surface area contributed by atoms with Crippen LogP contribution in [-0.4, -0.2) is 30.9 Å². The van der Waals surface area contributed by atoms with Gasteiger partial charge in [-0.05, 0) is 24.8 Å². The molecule has 0 aliphatic heterocycles. The molecule has 0 radical (unpaired) electrons. The zero-order valence-electron chi connectivity index (χ0n) is 14.8. The highest BCUT2D eigenvalue weighted by atomic mass is 16.5. The Labute approximate surface area is 148 Å². The van der Waals surface area contributed by atoms with Crippen LogP contribution in [0.2, 0.25) is 0 Å². The van der Waals surface area contributed by atoms with Crippen LogP contribution in [0.15, 0.2) is 30.3 Å². The largest absolute Gasteiger partial charge is 0.467 e. The molecule has 0 heterocycles. The first kappa shape index (κ1) is 19.0. The van der Waals surface area contributed by atoms with Gasteiger partial charge in [-0.1, -0.05) is 43.2 Å². The molecule has 2 rings (SSSR count). The quantitative estimate of drug-likeness (QED) is 0.671.